The van der Waals surface area contributed by atoms with Crippen LogP contribution in [0.1, 0.15) is 28.8 Å². The van der Waals surface area contributed by atoms with E-state index >= 15 is 0 Å². The molecule has 0 bridgehead atoms. The van der Waals surface area contributed by atoms with Crippen molar-refractivity contribution < 1.29 is 9.59 Å². The number of nitrogens with one attached hydrogen (secondary N) is 1. The highest BCUT2D eigenvalue weighted by Crippen LogP contribution is 2.23. The van der Waals surface area contributed by atoms with Gasteiger partial charge in [-0.2, -0.15) is 0 Å². The van der Waals surface area contributed by atoms with E-state index < -0.39 is 6.04 Å². The standard InChI is InChI=1S/C19H19IN2O2/c1-13-9-10-15(12-16(13)20)21-18(23)17-8-5-11-22(17)19(24)14-6-3-2-4-7-14/h2-4,6-7,9-10,12,17H,5,8,11H2,1H3,(H,21,23)/t17-/m1/s1. The van der Waals surface area contributed by atoms with Crippen LogP contribution < -0.4 is 5.32 Å². The van der Waals surface area contributed by atoms with E-state index in [1.165, 1.54) is 5.56 Å². The molecule has 0 saturated carbocycles. The van der Waals surface area contributed by atoms with Crippen molar-refractivity contribution in [3.05, 3.63) is 63.2 Å². The van der Waals surface area contributed by atoms with Crippen molar-refractivity contribution in [3.63, 3.8) is 0 Å². The molecule has 2 aromatic carbocycles. The van der Waals surface area contributed by atoms with Crippen molar-refractivity contribution in [2.75, 3.05) is 11.9 Å². The number of carbonyl (C=O) groups excluding carboxylic acids is 2. The minimum Gasteiger partial charge on any atom is -0.327 e. The van der Waals surface area contributed by atoms with Gasteiger partial charge in [0, 0.05) is 21.4 Å². The number of anilines is 1. The maximum atomic E-state index is 12.7. The third kappa shape index (κ3) is 3.61. The third-order valence-electron chi connectivity index (χ3n) is 4.28. The Bertz CT molecular complexity index is 761. The van der Waals surface area contributed by atoms with Crippen molar-refractivity contribution in [1.29, 1.82) is 0 Å². The summed E-state index contributed by atoms with van der Waals surface area (Å²) in [5.41, 5.74) is 2.58. The number of carbonyl (C=O) groups is 2. The first-order valence-corrected chi connectivity index (χ1v) is 9.07. The smallest absolute Gasteiger partial charge is 0.254 e. The molecule has 1 aliphatic rings. The Morgan fingerprint density at radius 1 is 1.17 bits per heavy atom. The van der Waals surface area contributed by atoms with Crippen LogP contribution in [-0.4, -0.2) is 29.3 Å². The zero-order valence-corrected chi connectivity index (χ0v) is 15.6. The van der Waals surface area contributed by atoms with Crippen LogP contribution in [0.3, 0.4) is 0 Å². The molecule has 2 amide bonds. The van der Waals surface area contributed by atoms with Crippen LogP contribution in [0.25, 0.3) is 0 Å². The second-order valence-electron chi connectivity index (χ2n) is 5.98. The molecule has 2 aromatic rings. The fourth-order valence-corrected chi connectivity index (χ4v) is 3.44. The van der Waals surface area contributed by atoms with Crippen LogP contribution in [0.4, 0.5) is 5.69 Å². The number of hydrogen-bond acceptors (Lipinski definition) is 2. The molecular weight excluding hydrogens is 415 g/mol. The van der Waals surface area contributed by atoms with Crippen molar-refractivity contribution in [1.82, 2.24) is 4.90 Å². The maximum Gasteiger partial charge on any atom is 0.254 e. The summed E-state index contributed by atoms with van der Waals surface area (Å²) in [4.78, 5) is 27.0. The number of nitrogens with zero attached hydrogens (tertiary/aromatic N) is 1. The molecule has 1 heterocycles. The average molecular weight is 434 g/mol. The maximum absolute atomic E-state index is 12.7. The van der Waals surface area contributed by atoms with Gasteiger partial charge in [-0.25, -0.2) is 0 Å². The molecule has 0 unspecified atom stereocenters. The zero-order valence-electron chi connectivity index (χ0n) is 13.5. The number of likely N-dealkylation sites (tertiary alicyclic amines) is 1. The first-order chi connectivity index (χ1) is 11.6. The summed E-state index contributed by atoms with van der Waals surface area (Å²) in [6.07, 6.45) is 1.55. The molecule has 124 valence electrons. The molecule has 0 aromatic heterocycles. The summed E-state index contributed by atoms with van der Waals surface area (Å²) in [6, 6.07) is 14.6. The number of halogens is 1. The molecule has 5 heteroatoms. The van der Waals surface area contributed by atoms with Gasteiger partial charge in [0.15, 0.2) is 0 Å². The van der Waals surface area contributed by atoms with Crippen LogP contribution in [0.2, 0.25) is 0 Å². The summed E-state index contributed by atoms with van der Waals surface area (Å²) >= 11 is 2.25. The Morgan fingerprint density at radius 3 is 2.62 bits per heavy atom. The van der Waals surface area contributed by atoms with E-state index in [9.17, 15) is 9.59 Å². The summed E-state index contributed by atoms with van der Waals surface area (Å²) < 4.78 is 1.11. The van der Waals surface area contributed by atoms with E-state index in [2.05, 4.69) is 27.9 Å². The minimum absolute atomic E-state index is 0.0771. The third-order valence-corrected chi connectivity index (χ3v) is 5.44. The lowest BCUT2D eigenvalue weighted by Gasteiger charge is -2.24. The van der Waals surface area contributed by atoms with Crippen LogP contribution >= 0.6 is 22.6 Å². The fourth-order valence-electron chi connectivity index (χ4n) is 2.93. The highest BCUT2D eigenvalue weighted by atomic mass is 127. The minimum atomic E-state index is -0.406. The predicted molar refractivity (Wildman–Crippen MR) is 103 cm³/mol. The molecule has 0 radical (unpaired) electrons. The van der Waals surface area contributed by atoms with Gasteiger partial charge in [-0.05, 0) is 72.2 Å². The molecule has 1 atom stereocenters. The number of benzene rings is 2. The SMILES string of the molecule is Cc1ccc(NC(=O)[C@H]2CCCN2C(=O)c2ccccc2)cc1I. The molecule has 1 N–H and O–H groups in total. The Morgan fingerprint density at radius 2 is 1.92 bits per heavy atom. The number of rotatable bonds is 3. The summed E-state index contributed by atoms with van der Waals surface area (Å²) in [5.74, 6) is -0.192. The molecule has 0 aliphatic carbocycles. The van der Waals surface area contributed by atoms with Crippen molar-refractivity contribution in [3.8, 4) is 0 Å². The predicted octanol–water partition coefficient (Wildman–Crippen LogP) is 3.84. The fraction of sp³-hybridized carbons (Fsp3) is 0.263. The van der Waals surface area contributed by atoms with Gasteiger partial charge in [-0.3, -0.25) is 9.59 Å². The molecule has 1 aliphatic heterocycles. The quantitative estimate of drug-likeness (QED) is 0.747. The molecule has 3 rings (SSSR count). The molecule has 0 spiro atoms. The van der Waals surface area contributed by atoms with Crippen LogP contribution in [0, 0.1) is 10.5 Å². The summed E-state index contributed by atoms with van der Waals surface area (Å²) in [5, 5.41) is 2.95. The monoisotopic (exact) mass is 434 g/mol. The topological polar surface area (TPSA) is 49.4 Å². The molecular formula is C19H19IN2O2. The first kappa shape index (κ1) is 17.0. The number of amides is 2. The van der Waals surface area contributed by atoms with Crippen molar-refractivity contribution in [2.24, 2.45) is 0 Å². The van der Waals surface area contributed by atoms with E-state index in [-0.39, 0.29) is 11.8 Å². The zero-order chi connectivity index (χ0) is 17.1. The van der Waals surface area contributed by atoms with Gasteiger partial charge in [0.1, 0.15) is 6.04 Å². The Kier molecular flexibility index (Phi) is 5.18. The summed E-state index contributed by atoms with van der Waals surface area (Å²) in [7, 11) is 0. The van der Waals surface area contributed by atoms with Gasteiger partial charge >= 0.3 is 0 Å². The molecule has 24 heavy (non-hydrogen) atoms. The average Bonchev–Trinajstić information content (AvgIpc) is 3.08. The highest BCUT2D eigenvalue weighted by molar-refractivity contribution is 14.1. The van der Waals surface area contributed by atoms with Gasteiger partial charge < -0.3 is 10.2 Å². The first-order valence-electron chi connectivity index (χ1n) is 7.99. The van der Waals surface area contributed by atoms with Gasteiger partial charge in [0.2, 0.25) is 5.91 Å². The highest BCUT2D eigenvalue weighted by Gasteiger charge is 2.34. The van der Waals surface area contributed by atoms with E-state index in [1.54, 1.807) is 17.0 Å². The Labute approximate surface area is 155 Å². The Balaban J connectivity index is 1.74. The van der Waals surface area contributed by atoms with E-state index in [4.69, 9.17) is 0 Å². The van der Waals surface area contributed by atoms with Crippen LogP contribution in [0.15, 0.2) is 48.5 Å². The lowest BCUT2D eigenvalue weighted by atomic mass is 10.1. The van der Waals surface area contributed by atoms with Gasteiger partial charge in [-0.1, -0.05) is 24.3 Å². The van der Waals surface area contributed by atoms with Gasteiger partial charge in [0.25, 0.3) is 5.91 Å². The van der Waals surface area contributed by atoms with Gasteiger partial charge in [-0.15, -0.1) is 0 Å². The Hall–Kier alpha value is -1.89. The van der Waals surface area contributed by atoms with Crippen LogP contribution in [-0.2, 0) is 4.79 Å². The largest absolute Gasteiger partial charge is 0.327 e. The van der Waals surface area contributed by atoms with E-state index in [0.717, 1.165) is 15.7 Å². The van der Waals surface area contributed by atoms with Crippen molar-refractivity contribution in [2.45, 2.75) is 25.8 Å². The molecule has 4 nitrogen and oxygen atoms in total. The summed E-state index contributed by atoms with van der Waals surface area (Å²) in [6.45, 7) is 2.65. The number of hydrogen-bond donors (Lipinski definition) is 1. The molecule has 1 saturated heterocycles. The second-order valence-corrected chi connectivity index (χ2v) is 7.14. The van der Waals surface area contributed by atoms with E-state index in [0.29, 0.717) is 18.5 Å². The number of aryl methyl sites for hydroxylation is 1. The lowest BCUT2D eigenvalue weighted by molar-refractivity contribution is -0.119. The lowest BCUT2D eigenvalue weighted by Crippen LogP contribution is -2.43. The van der Waals surface area contributed by atoms with Gasteiger partial charge in [0.05, 0.1) is 0 Å². The van der Waals surface area contributed by atoms with Crippen molar-refractivity contribution >= 4 is 40.1 Å². The normalized spacial score (nSPS) is 16.9. The second kappa shape index (κ2) is 7.34. The van der Waals surface area contributed by atoms with E-state index in [1.807, 2.05) is 43.3 Å². The molecule has 1 fully saturated rings. The van der Waals surface area contributed by atoms with Crippen LogP contribution in [0.5, 0.6) is 0 Å².